The van der Waals surface area contributed by atoms with Crippen molar-refractivity contribution in [3.63, 3.8) is 0 Å². The molecule has 2 aromatic rings. The number of ether oxygens (including phenoxy) is 2. The minimum absolute atomic E-state index is 0.682. The van der Waals surface area contributed by atoms with Crippen molar-refractivity contribution in [1.82, 2.24) is 5.32 Å². The summed E-state index contributed by atoms with van der Waals surface area (Å²) in [5.74, 6) is 2.12. The summed E-state index contributed by atoms with van der Waals surface area (Å²) < 4.78 is 10.6. The average molecular weight is 370 g/mol. The molecule has 2 rings (SSSR count). The molecule has 0 saturated heterocycles. The van der Waals surface area contributed by atoms with E-state index in [2.05, 4.69) is 51.8 Å². The number of nitrogens with zero attached hydrogens (tertiary/aromatic N) is 2. The number of nitrogens with one attached hydrogen (secondary N) is 2. The molecule has 0 aromatic heterocycles. The van der Waals surface area contributed by atoms with Gasteiger partial charge in [0.2, 0.25) is 0 Å². The van der Waals surface area contributed by atoms with E-state index in [-0.39, 0.29) is 0 Å². The van der Waals surface area contributed by atoms with E-state index in [0.717, 1.165) is 37.6 Å². The number of aliphatic imine (C=N–C) groups is 1. The Morgan fingerprint density at radius 2 is 1.74 bits per heavy atom. The first-order chi connectivity index (χ1) is 13.2. The Morgan fingerprint density at radius 1 is 1.00 bits per heavy atom. The molecule has 0 heterocycles. The number of methoxy groups -OCH3 is 2. The van der Waals surface area contributed by atoms with Crippen LogP contribution in [0.3, 0.4) is 0 Å². The maximum Gasteiger partial charge on any atom is 0.195 e. The number of para-hydroxylation sites is 1. The minimum Gasteiger partial charge on any atom is -0.493 e. The summed E-state index contributed by atoms with van der Waals surface area (Å²) >= 11 is 0. The quantitative estimate of drug-likeness (QED) is 0.401. The van der Waals surface area contributed by atoms with Gasteiger partial charge in [-0.25, -0.2) is 0 Å². The van der Waals surface area contributed by atoms with E-state index >= 15 is 0 Å². The van der Waals surface area contributed by atoms with E-state index in [1.54, 1.807) is 21.3 Å². The van der Waals surface area contributed by atoms with Crippen molar-refractivity contribution >= 4 is 17.3 Å². The molecule has 0 spiro atoms. The van der Waals surface area contributed by atoms with Crippen LogP contribution < -0.4 is 25.0 Å². The molecular formula is C21H30N4O2. The molecule has 0 unspecified atom stereocenters. The van der Waals surface area contributed by atoms with Gasteiger partial charge in [-0.2, -0.15) is 0 Å². The number of anilines is 2. The number of rotatable bonds is 9. The fourth-order valence-electron chi connectivity index (χ4n) is 2.72. The third kappa shape index (κ3) is 6.40. The largest absolute Gasteiger partial charge is 0.493 e. The first-order valence-electron chi connectivity index (χ1n) is 9.13. The first kappa shape index (κ1) is 20.4. The monoisotopic (exact) mass is 370 g/mol. The summed E-state index contributed by atoms with van der Waals surface area (Å²) in [5, 5.41) is 6.62. The van der Waals surface area contributed by atoms with Crippen LogP contribution in [0.1, 0.15) is 12.8 Å². The molecular weight excluding hydrogens is 340 g/mol. The van der Waals surface area contributed by atoms with Gasteiger partial charge in [-0.3, -0.25) is 4.99 Å². The highest BCUT2D eigenvalue weighted by Crippen LogP contribution is 2.29. The lowest BCUT2D eigenvalue weighted by molar-refractivity contribution is 0.355. The lowest BCUT2D eigenvalue weighted by Gasteiger charge is -2.19. The second kappa shape index (κ2) is 11.0. The van der Waals surface area contributed by atoms with Crippen molar-refractivity contribution in [3.8, 4) is 11.5 Å². The SMILES string of the molecule is CN=C(NCCCCN(C)c1ccccc1)Nc1ccc(OC)c(OC)c1. The fourth-order valence-corrected chi connectivity index (χ4v) is 2.72. The molecule has 0 amide bonds. The molecule has 0 radical (unpaired) electrons. The van der Waals surface area contributed by atoms with E-state index < -0.39 is 0 Å². The van der Waals surface area contributed by atoms with E-state index in [0.29, 0.717) is 11.5 Å². The number of guanidine groups is 1. The number of unbranched alkanes of at least 4 members (excludes halogenated alkanes) is 1. The zero-order chi connectivity index (χ0) is 19.5. The maximum absolute atomic E-state index is 5.33. The molecule has 2 N–H and O–H groups in total. The molecule has 2 aromatic carbocycles. The lowest BCUT2D eigenvalue weighted by atomic mass is 10.2. The predicted molar refractivity (Wildman–Crippen MR) is 113 cm³/mol. The van der Waals surface area contributed by atoms with Crippen LogP contribution >= 0.6 is 0 Å². The fraction of sp³-hybridized carbons (Fsp3) is 0.381. The molecule has 0 bridgehead atoms. The van der Waals surface area contributed by atoms with Crippen molar-refractivity contribution in [3.05, 3.63) is 48.5 Å². The third-order valence-corrected chi connectivity index (χ3v) is 4.28. The molecule has 0 aliphatic rings. The van der Waals surface area contributed by atoms with Crippen LogP contribution in [0.15, 0.2) is 53.5 Å². The lowest BCUT2D eigenvalue weighted by Crippen LogP contribution is -2.31. The van der Waals surface area contributed by atoms with Gasteiger partial charge < -0.3 is 25.0 Å². The Hall–Kier alpha value is -2.89. The zero-order valence-electron chi connectivity index (χ0n) is 16.7. The van der Waals surface area contributed by atoms with Crippen LogP contribution in [0.5, 0.6) is 11.5 Å². The topological polar surface area (TPSA) is 58.1 Å². The number of hydrogen-bond donors (Lipinski definition) is 2. The van der Waals surface area contributed by atoms with Crippen molar-refractivity contribution in [2.24, 2.45) is 4.99 Å². The van der Waals surface area contributed by atoms with Gasteiger partial charge in [-0.05, 0) is 37.1 Å². The molecule has 0 fully saturated rings. The van der Waals surface area contributed by atoms with Gasteiger partial charge in [0.15, 0.2) is 17.5 Å². The van der Waals surface area contributed by atoms with Gasteiger partial charge in [0.25, 0.3) is 0 Å². The summed E-state index contributed by atoms with van der Waals surface area (Å²) in [4.78, 5) is 6.55. The van der Waals surface area contributed by atoms with E-state index in [4.69, 9.17) is 9.47 Å². The Labute approximate surface area is 162 Å². The highest BCUT2D eigenvalue weighted by molar-refractivity contribution is 5.93. The average Bonchev–Trinajstić information content (AvgIpc) is 2.72. The highest BCUT2D eigenvalue weighted by atomic mass is 16.5. The van der Waals surface area contributed by atoms with Crippen molar-refractivity contribution in [1.29, 1.82) is 0 Å². The Balaban J connectivity index is 1.74. The van der Waals surface area contributed by atoms with Crippen molar-refractivity contribution < 1.29 is 9.47 Å². The van der Waals surface area contributed by atoms with E-state index in [1.807, 2.05) is 24.3 Å². The van der Waals surface area contributed by atoms with Crippen molar-refractivity contribution in [2.45, 2.75) is 12.8 Å². The summed E-state index contributed by atoms with van der Waals surface area (Å²) in [6, 6.07) is 16.1. The molecule has 0 aliphatic heterocycles. The Bertz CT molecular complexity index is 719. The van der Waals surface area contributed by atoms with E-state index in [1.165, 1.54) is 5.69 Å². The van der Waals surface area contributed by atoms with Gasteiger partial charge >= 0.3 is 0 Å². The molecule has 146 valence electrons. The van der Waals surface area contributed by atoms with Gasteiger partial charge in [0, 0.05) is 44.6 Å². The van der Waals surface area contributed by atoms with Crippen LogP contribution in [0.25, 0.3) is 0 Å². The second-order valence-corrected chi connectivity index (χ2v) is 6.16. The molecule has 6 heteroatoms. The van der Waals surface area contributed by atoms with Gasteiger partial charge in [0.1, 0.15) is 0 Å². The van der Waals surface area contributed by atoms with Crippen LogP contribution in [-0.2, 0) is 0 Å². The summed E-state index contributed by atoms with van der Waals surface area (Å²) in [7, 11) is 7.14. The van der Waals surface area contributed by atoms with Crippen LogP contribution in [0.2, 0.25) is 0 Å². The number of benzene rings is 2. The molecule has 0 aliphatic carbocycles. The van der Waals surface area contributed by atoms with Crippen LogP contribution in [0.4, 0.5) is 11.4 Å². The number of hydrogen-bond acceptors (Lipinski definition) is 4. The first-order valence-corrected chi connectivity index (χ1v) is 9.13. The smallest absolute Gasteiger partial charge is 0.195 e. The van der Waals surface area contributed by atoms with Gasteiger partial charge in [-0.15, -0.1) is 0 Å². The standard InChI is InChI=1S/C21H30N4O2/c1-22-21(24-17-12-13-19(26-3)20(16-17)27-4)23-14-8-9-15-25(2)18-10-6-5-7-11-18/h5-7,10-13,16H,8-9,14-15H2,1-4H3,(H2,22,23,24). The predicted octanol–water partition coefficient (Wildman–Crippen LogP) is 3.61. The van der Waals surface area contributed by atoms with E-state index in [9.17, 15) is 0 Å². The zero-order valence-corrected chi connectivity index (χ0v) is 16.7. The van der Waals surface area contributed by atoms with Crippen LogP contribution in [-0.4, -0.2) is 47.4 Å². The summed E-state index contributed by atoms with van der Waals surface area (Å²) in [6.45, 7) is 1.88. The Morgan fingerprint density at radius 3 is 2.41 bits per heavy atom. The van der Waals surface area contributed by atoms with Crippen LogP contribution in [0, 0.1) is 0 Å². The molecule has 27 heavy (non-hydrogen) atoms. The van der Waals surface area contributed by atoms with Gasteiger partial charge in [-0.1, -0.05) is 18.2 Å². The summed E-state index contributed by atoms with van der Waals surface area (Å²) in [6.07, 6.45) is 2.16. The summed E-state index contributed by atoms with van der Waals surface area (Å²) in [5.41, 5.74) is 2.14. The second-order valence-electron chi connectivity index (χ2n) is 6.16. The Kier molecular flexibility index (Phi) is 8.29. The molecule has 0 atom stereocenters. The normalized spacial score (nSPS) is 11.0. The maximum atomic E-state index is 5.33. The van der Waals surface area contributed by atoms with Gasteiger partial charge in [0.05, 0.1) is 14.2 Å². The minimum atomic E-state index is 0.682. The van der Waals surface area contributed by atoms with Crippen molar-refractivity contribution in [2.75, 3.05) is 51.6 Å². The molecule has 6 nitrogen and oxygen atoms in total. The third-order valence-electron chi connectivity index (χ3n) is 4.28. The highest BCUT2D eigenvalue weighted by Gasteiger charge is 2.06. The molecule has 0 saturated carbocycles.